The van der Waals surface area contributed by atoms with Crippen LogP contribution in [-0.4, -0.2) is 40.2 Å². The van der Waals surface area contributed by atoms with Crippen LogP contribution in [0.15, 0.2) is 70.3 Å². The van der Waals surface area contributed by atoms with Crippen molar-refractivity contribution in [2.24, 2.45) is 0 Å². The molecule has 0 saturated carbocycles. The molecule has 2 aromatic carbocycles. The molecule has 0 unspecified atom stereocenters. The number of carbonyl (C=O) groups is 2. The standard InChI is InChI=1S/C25H21FN4O5/c1-15-13-19(24(33)35-3)21-22(27-15)30(18-7-5-4-6-8-18)25(34)29(23(21)32)14-20(31)28(2)17-11-9-16(26)10-12-17/h4-13H,14H2,1-3H3. The van der Waals surface area contributed by atoms with Gasteiger partial charge in [-0.2, -0.15) is 0 Å². The molecule has 0 aliphatic rings. The molecule has 0 bridgehead atoms. The van der Waals surface area contributed by atoms with Crippen LogP contribution in [-0.2, 0) is 16.1 Å². The highest BCUT2D eigenvalue weighted by Crippen LogP contribution is 2.19. The molecule has 0 aliphatic heterocycles. The minimum atomic E-state index is -0.856. The van der Waals surface area contributed by atoms with E-state index in [-0.39, 0.29) is 16.6 Å². The predicted octanol–water partition coefficient (Wildman–Crippen LogP) is 2.44. The molecule has 1 amide bonds. The molecule has 35 heavy (non-hydrogen) atoms. The lowest BCUT2D eigenvalue weighted by atomic mass is 10.1. The topological polar surface area (TPSA) is 104 Å². The number of likely N-dealkylation sites (N-methyl/N-ethyl adjacent to an activating group) is 1. The Balaban J connectivity index is 1.97. The van der Waals surface area contributed by atoms with Crippen molar-refractivity contribution in [3.05, 3.63) is 98.6 Å². The number of methoxy groups -OCH3 is 1. The number of hydrogen-bond donors (Lipinski definition) is 0. The highest BCUT2D eigenvalue weighted by atomic mass is 19.1. The van der Waals surface area contributed by atoms with Gasteiger partial charge in [0.05, 0.1) is 23.7 Å². The summed E-state index contributed by atoms with van der Waals surface area (Å²) in [6.07, 6.45) is 0. The third kappa shape index (κ3) is 4.33. The van der Waals surface area contributed by atoms with Crippen molar-refractivity contribution in [1.82, 2.24) is 14.1 Å². The fourth-order valence-corrected chi connectivity index (χ4v) is 3.73. The Bertz CT molecular complexity index is 1560. The first kappa shape index (κ1) is 23.6. The molecule has 10 heteroatoms. The maximum atomic E-state index is 13.6. The number of para-hydroxylation sites is 1. The van der Waals surface area contributed by atoms with Gasteiger partial charge in [0.2, 0.25) is 5.91 Å². The number of benzene rings is 2. The maximum absolute atomic E-state index is 13.6. The van der Waals surface area contributed by atoms with E-state index in [4.69, 9.17) is 4.74 Å². The molecular weight excluding hydrogens is 455 g/mol. The number of ether oxygens (including phenoxy) is 1. The Kier molecular flexibility index (Phi) is 6.28. The van der Waals surface area contributed by atoms with Crippen LogP contribution in [0.3, 0.4) is 0 Å². The van der Waals surface area contributed by atoms with Crippen molar-refractivity contribution < 1.29 is 18.7 Å². The third-order valence-corrected chi connectivity index (χ3v) is 5.52. The van der Waals surface area contributed by atoms with Crippen LogP contribution in [0.25, 0.3) is 16.7 Å². The quantitative estimate of drug-likeness (QED) is 0.410. The van der Waals surface area contributed by atoms with Crippen LogP contribution < -0.4 is 16.1 Å². The van der Waals surface area contributed by atoms with Crippen LogP contribution in [0.2, 0.25) is 0 Å². The summed E-state index contributed by atoms with van der Waals surface area (Å²) in [5.41, 5.74) is -0.591. The maximum Gasteiger partial charge on any atom is 0.338 e. The normalized spacial score (nSPS) is 10.9. The Morgan fingerprint density at radius 2 is 1.71 bits per heavy atom. The van der Waals surface area contributed by atoms with Gasteiger partial charge in [-0.05, 0) is 49.4 Å². The molecule has 0 radical (unpaired) electrons. The fraction of sp³-hybridized carbons (Fsp3) is 0.160. The Labute approximate surface area is 198 Å². The number of amides is 1. The van der Waals surface area contributed by atoms with E-state index in [1.807, 2.05) is 0 Å². The number of esters is 1. The number of hydrogen-bond acceptors (Lipinski definition) is 6. The number of fused-ring (bicyclic) bond motifs is 1. The lowest BCUT2D eigenvalue weighted by molar-refractivity contribution is -0.119. The van der Waals surface area contributed by atoms with Gasteiger partial charge >= 0.3 is 11.7 Å². The molecule has 4 rings (SSSR count). The number of pyridine rings is 1. The molecule has 0 saturated heterocycles. The zero-order valence-electron chi connectivity index (χ0n) is 19.2. The summed E-state index contributed by atoms with van der Waals surface area (Å²) in [6.45, 7) is 1.00. The number of carbonyl (C=O) groups excluding carboxylic acids is 2. The van der Waals surface area contributed by atoms with E-state index < -0.39 is 35.5 Å². The van der Waals surface area contributed by atoms with Crippen LogP contribution in [0.5, 0.6) is 0 Å². The van der Waals surface area contributed by atoms with Gasteiger partial charge in [-0.1, -0.05) is 18.2 Å². The summed E-state index contributed by atoms with van der Waals surface area (Å²) >= 11 is 0. The summed E-state index contributed by atoms with van der Waals surface area (Å²) in [6, 6.07) is 15.0. The summed E-state index contributed by atoms with van der Waals surface area (Å²) < 4.78 is 20.1. The van der Waals surface area contributed by atoms with Crippen molar-refractivity contribution in [3.63, 3.8) is 0 Å². The van der Waals surface area contributed by atoms with Crippen LogP contribution in [0, 0.1) is 12.7 Å². The summed E-state index contributed by atoms with van der Waals surface area (Å²) in [5, 5.41) is -0.150. The fourth-order valence-electron chi connectivity index (χ4n) is 3.73. The first-order valence-electron chi connectivity index (χ1n) is 10.6. The lowest BCUT2D eigenvalue weighted by Crippen LogP contribution is -2.44. The minimum Gasteiger partial charge on any atom is -0.465 e. The van der Waals surface area contributed by atoms with Gasteiger partial charge in [-0.15, -0.1) is 0 Å². The zero-order chi connectivity index (χ0) is 25.3. The van der Waals surface area contributed by atoms with Gasteiger partial charge in [-0.3, -0.25) is 9.59 Å². The van der Waals surface area contributed by atoms with E-state index in [0.717, 1.165) is 4.57 Å². The predicted molar refractivity (Wildman–Crippen MR) is 127 cm³/mol. The molecule has 2 heterocycles. The minimum absolute atomic E-state index is 0.0258. The number of nitrogens with zero attached hydrogens (tertiary/aromatic N) is 4. The lowest BCUT2D eigenvalue weighted by Gasteiger charge is -2.19. The van der Waals surface area contributed by atoms with E-state index in [1.165, 1.54) is 54.0 Å². The summed E-state index contributed by atoms with van der Waals surface area (Å²) in [7, 11) is 2.62. The summed E-state index contributed by atoms with van der Waals surface area (Å²) in [4.78, 5) is 58.2. The highest BCUT2D eigenvalue weighted by Gasteiger charge is 2.24. The van der Waals surface area contributed by atoms with Gasteiger partial charge in [0.15, 0.2) is 5.65 Å². The Morgan fingerprint density at radius 1 is 1.06 bits per heavy atom. The monoisotopic (exact) mass is 476 g/mol. The van der Waals surface area contributed by atoms with E-state index in [2.05, 4.69) is 4.98 Å². The van der Waals surface area contributed by atoms with E-state index in [9.17, 15) is 23.6 Å². The van der Waals surface area contributed by atoms with Crippen molar-refractivity contribution in [3.8, 4) is 5.69 Å². The number of aromatic nitrogens is 3. The van der Waals surface area contributed by atoms with Crippen molar-refractivity contribution in [1.29, 1.82) is 0 Å². The molecule has 9 nitrogen and oxygen atoms in total. The molecule has 4 aromatic rings. The largest absolute Gasteiger partial charge is 0.465 e. The second kappa shape index (κ2) is 9.34. The smallest absolute Gasteiger partial charge is 0.338 e. The van der Waals surface area contributed by atoms with E-state index >= 15 is 0 Å². The SMILES string of the molecule is COC(=O)c1cc(C)nc2c1c(=O)n(CC(=O)N(C)c1ccc(F)cc1)c(=O)n2-c1ccccc1. The van der Waals surface area contributed by atoms with Crippen molar-refractivity contribution in [2.45, 2.75) is 13.5 Å². The zero-order valence-corrected chi connectivity index (χ0v) is 19.2. The van der Waals surface area contributed by atoms with E-state index in [0.29, 0.717) is 17.1 Å². The van der Waals surface area contributed by atoms with Crippen molar-refractivity contribution in [2.75, 3.05) is 19.1 Å². The summed E-state index contributed by atoms with van der Waals surface area (Å²) in [5.74, 6) is -1.85. The Hall–Kier alpha value is -4.60. The van der Waals surface area contributed by atoms with Gasteiger partial charge in [0.25, 0.3) is 5.56 Å². The molecule has 0 spiro atoms. The number of anilines is 1. The first-order valence-corrected chi connectivity index (χ1v) is 10.6. The number of aryl methyl sites for hydroxylation is 1. The van der Waals surface area contributed by atoms with Crippen LogP contribution in [0.1, 0.15) is 16.1 Å². The molecule has 178 valence electrons. The van der Waals surface area contributed by atoms with E-state index in [1.54, 1.807) is 37.3 Å². The van der Waals surface area contributed by atoms with Gasteiger partial charge in [0.1, 0.15) is 12.4 Å². The Morgan fingerprint density at radius 3 is 2.34 bits per heavy atom. The third-order valence-electron chi connectivity index (χ3n) is 5.52. The second-order valence-electron chi connectivity index (χ2n) is 7.78. The average Bonchev–Trinajstić information content (AvgIpc) is 2.86. The molecule has 0 aliphatic carbocycles. The number of rotatable bonds is 5. The first-order chi connectivity index (χ1) is 16.7. The van der Waals surface area contributed by atoms with Gasteiger partial charge in [0, 0.05) is 18.4 Å². The van der Waals surface area contributed by atoms with Gasteiger partial charge < -0.3 is 9.64 Å². The average molecular weight is 476 g/mol. The molecule has 2 aromatic heterocycles. The molecule has 0 fully saturated rings. The van der Waals surface area contributed by atoms with Crippen molar-refractivity contribution >= 4 is 28.6 Å². The number of halogens is 1. The van der Waals surface area contributed by atoms with Gasteiger partial charge in [-0.25, -0.2) is 28.1 Å². The molecular formula is C25H21FN4O5. The molecule has 0 N–H and O–H groups in total. The van der Waals surface area contributed by atoms with Crippen LogP contribution >= 0.6 is 0 Å². The second-order valence-corrected chi connectivity index (χ2v) is 7.78. The highest BCUT2D eigenvalue weighted by molar-refractivity contribution is 6.02. The van der Waals surface area contributed by atoms with Crippen LogP contribution in [0.4, 0.5) is 10.1 Å². The molecule has 0 atom stereocenters.